The molecule has 0 saturated carbocycles. The summed E-state index contributed by atoms with van der Waals surface area (Å²) in [6.07, 6.45) is 2.67. The van der Waals surface area contributed by atoms with Gasteiger partial charge in [-0.05, 0) is 61.4 Å². The van der Waals surface area contributed by atoms with Crippen molar-refractivity contribution in [1.29, 1.82) is 0 Å². The van der Waals surface area contributed by atoms with Crippen LogP contribution in [0.5, 0.6) is 0 Å². The minimum Gasteiger partial charge on any atom is -0.352 e. The first-order valence-corrected chi connectivity index (χ1v) is 13.2. The Morgan fingerprint density at radius 2 is 1.86 bits per heavy atom. The minimum atomic E-state index is -0.759. The van der Waals surface area contributed by atoms with E-state index in [4.69, 9.17) is 11.6 Å². The second-order valence-corrected chi connectivity index (χ2v) is 11.3. The van der Waals surface area contributed by atoms with E-state index in [1.165, 1.54) is 0 Å². The Morgan fingerprint density at radius 1 is 1.11 bits per heavy atom. The normalized spacial score (nSPS) is 16.9. The average molecular weight is 523 g/mol. The van der Waals surface area contributed by atoms with Crippen molar-refractivity contribution in [2.75, 3.05) is 13.1 Å². The van der Waals surface area contributed by atoms with Crippen LogP contribution in [0.1, 0.15) is 66.4 Å². The molecule has 3 amide bonds. The third-order valence-corrected chi connectivity index (χ3v) is 7.25. The van der Waals surface area contributed by atoms with Crippen LogP contribution in [0.15, 0.2) is 48.5 Å². The van der Waals surface area contributed by atoms with Gasteiger partial charge in [-0.25, -0.2) is 0 Å². The number of likely N-dealkylation sites (tertiary alicyclic amines) is 1. The molecule has 0 unspecified atom stereocenters. The fraction of sp³-hybridized carbons (Fsp3) is 0.414. The summed E-state index contributed by atoms with van der Waals surface area (Å²) in [4.78, 5) is 44.7. The van der Waals surface area contributed by atoms with E-state index < -0.39 is 11.5 Å². The van der Waals surface area contributed by atoms with Gasteiger partial charge in [0.25, 0.3) is 11.8 Å². The molecule has 0 bridgehead atoms. The molecule has 1 fully saturated rings. The number of rotatable bonds is 6. The van der Waals surface area contributed by atoms with Crippen LogP contribution in [0.25, 0.3) is 10.9 Å². The van der Waals surface area contributed by atoms with Gasteiger partial charge in [0.2, 0.25) is 5.91 Å². The lowest BCUT2D eigenvalue weighted by atomic mass is 9.86. The summed E-state index contributed by atoms with van der Waals surface area (Å²) in [6, 6.07) is 14.0. The highest BCUT2D eigenvalue weighted by Gasteiger charge is 2.35. The van der Waals surface area contributed by atoms with Crippen molar-refractivity contribution in [1.82, 2.24) is 20.5 Å². The average Bonchev–Trinajstić information content (AvgIpc) is 3.29. The number of nitrogens with zero attached hydrogens (tertiary/aromatic N) is 1. The molecule has 2 aromatic carbocycles. The number of aromatic nitrogens is 1. The number of para-hydroxylation sites is 1. The zero-order chi connectivity index (χ0) is 26.7. The molecule has 196 valence electrons. The lowest BCUT2D eigenvalue weighted by Crippen LogP contribution is -2.56. The van der Waals surface area contributed by atoms with Crippen molar-refractivity contribution in [2.24, 2.45) is 5.41 Å². The van der Waals surface area contributed by atoms with E-state index in [1.54, 1.807) is 18.2 Å². The summed E-state index contributed by atoms with van der Waals surface area (Å²) >= 11 is 6.38. The first-order chi connectivity index (χ1) is 17.5. The number of halogens is 1. The third-order valence-electron chi connectivity index (χ3n) is 6.93. The Kier molecular flexibility index (Phi) is 7.93. The maximum absolute atomic E-state index is 13.3. The van der Waals surface area contributed by atoms with E-state index >= 15 is 0 Å². The fourth-order valence-electron chi connectivity index (χ4n) is 4.83. The number of benzene rings is 2. The highest BCUT2D eigenvalue weighted by molar-refractivity contribution is 6.33. The number of hydrogen-bond donors (Lipinski definition) is 3. The van der Waals surface area contributed by atoms with Gasteiger partial charge in [-0.3, -0.25) is 14.4 Å². The number of amides is 3. The highest BCUT2D eigenvalue weighted by Crippen LogP contribution is 2.25. The van der Waals surface area contributed by atoms with Gasteiger partial charge >= 0.3 is 0 Å². The van der Waals surface area contributed by atoms with Gasteiger partial charge in [-0.2, -0.15) is 0 Å². The molecule has 0 aliphatic carbocycles. The van der Waals surface area contributed by atoms with Gasteiger partial charge in [0.15, 0.2) is 0 Å². The number of fused-ring (bicyclic) bond motifs is 1. The van der Waals surface area contributed by atoms with Crippen LogP contribution < -0.4 is 10.6 Å². The Balaban J connectivity index is 1.44. The van der Waals surface area contributed by atoms with Crippen molar-refractivity contribution in [3.63, 3.8) is 0 Å². The molecular weight excluding hydrogens is 488 g/mol. The summed E-state index contributed by atoms with van der Waals surface area (Å²) in [7, 11) is 0. The predicted octanol–water partition coefficient (Wildman–Crippen LogP) is 5.09. The summed E-state index contributed by atoms with van der Waals surface area (Å²) in [5, 5.41) is 7.29. The molecule has 1 saturated heterocycles. The number of nitrogens with one attached hydrogen (secondary N) is 3. The molecular formula is C29H35ClN4O3. The molecule has 3 aromatic rings. The molecule has 2 heterocycles. The largest absolute Gasteiger partial charge is 0.352 e. The van der Waals surface area contributed by atoms with Crippen LogP contribution in [0.2, 0.25) is 5.02 Å². The lowest BCUT2D eigenvalue weighted by Gasteiger charge is -2.37. The molecule has 3 N–H and O–H groups in total. The Labute approximate surface area is 222 Å². The van der Waals surface area contributed by atoms with Crippen LogP contribution in [-0.4, -0.2) is 52.8 Å². The molecule has 8 heteroatoms. The zero-order valence-corrected chi connectivity index (χ0v) is 22.6. The number of carbonyl (C=O) groups is 3. The maximum atomic E-state index is 13.3. The first kappa shape index (κ1) is 26.7. The molecule has 0 radical (unpaired) electrons. The fourth-order valence-corrected chi connectivity index (χ4v) is 5.14. The monoisotopic (exact) mass is 522 g/mol. The van der Waals surface area contributed by atoms with Crippen LogP contribution in [-0.2, 0) is 4.79 Å². The minimum absolute atomic E-state index is 0.122. The molecule has 0 spiro atoms. The second kappa shape index (κ2) is 11.0. The molecule has 1 aliphatic heterocycles. The summed E-state index contributed by atoms with van der Waals surface area (Å²) in [5.74, 6) is -0.735. The van der Waals surface area contributed by atoms with E-state index in [1.807, 2.05) is 62.9 Å². The van der Waals surface area contributed by atoms with Crippen molar-refractivity contribution in [2.45, 2.75) is 59.0 Å². The molecule has 4 rings (SSSR count). The standard InChI is InChI=1S/C29H35ClN4O3/c1-18-12-13-21(22(30)15-18)28(37)34-14-8-7-10-20(34)17-31-27(36)25(29(2,3)4)33-26(35)24-16-19-9-5-6-11-23(19)32-24/h5-6,9,11-13,15-16,20,25,32H,7-8,10,14,17H2,1-4H3,(H,31,36)(H,33,35)/t20-,25+/m0/s1. The number of aromatic amines is 1. The summed E-state index contributed by atoms with van der Waals surface area (Å²) in [5.41, 5.74) is 2.21. The number of piperidine rings is 1. The van der Waals surface area contributed by atoms with E-state index in [0.29, 0.717) is 29.4 Å². The van der Waals surface area contributed by atoms with Gasteiger partial charge < -0.3 is 20.5 Å². The number of hydrogen-bond acceptors (Lipinski definition) is 3. The lowest BCUT2D eigenvalue weighted by molar-refractivity contribution is -0.125. The van der Waals surface area contributed by atoms with E-state index in [-0.39, 0.29) is 23.8 Å². The van der Waals surface area contributed by atoms with Gasteiger partial charge in [-0.15, -0.1) is 0 Å². The smallest absolute Gasteiger partial charge is 0.268 e. The number of carbonyl (C=O) groups excluding carboxylic acids is 3. The van der Waals surface area contributed by atoms with Crippen molar-refractivity contribution in [3.05, 3.63) is 70.4 Å². The van der Waals surface area contributed by atoms with Gasteiger partial charge in [0, 0.05) is 30.0 Å². The third kappa shape index (κ3) is 6.16. The Bertz CT molecular complexity index is 1280. The van der Waals surface area contributed by atoms with Crippen molar-refractivity contribution in [3.8, 4) is 0 Å². The number of H-pyrrole nitrogens is 1. The van der Waals surface area contributed by atoms with E-state index in [9.17, 15) is 14.4 Å². The Morgan fingerprint density at radius 3 is 2.57 bits per heavy atom. The Hall–Kier alpha value is -3.32. The first-order valence-electron chi connectivity index (χ1n) is 12.8. The van der Waals surface area contributed by atoms with Gasteiger partial charge in [0.1, 0.15) is 11.7 Å². The maximum Gasteiger partial charge on any atom is 0.268 e. The van der Waals surface area contributed by atoms with E-state index in [0.717, 1.165) is 35.7 Å². The molecule has 7 nitrogen and oxygen atoms in total. The predicted molar refractivity (Wildman–Crippen MR) is 147 cm³/mol. The number of aryl methyl sites for hydroxylation is 1. The van der Waals surface area contributed by atoms with E-state index in [2.05, 4.69) is 15.6 Å². The van der Waals surface area contributed by atoms with Crippen LogP contribution in [0, 0.1) is 12.3 Å². The molecule has 1 aliphatic rings. The summed E-state index contributed by atoms with van der Waals surface area (Å²) in [6.45, 7) is 8.60. The second-order valence-electron chi connectivity index (χ2n) is 10.9. The molecule has 2 atom stereocenters. The topological polar surface area (TPSA) is 94.3 Å². The van der Waals surface area contributed by atoms with Crippen molar-refractivity contribution >= 4 is 40.2 Å². The zero-order valence-electron chi connectivity index (χ0n) is 21.9. The van der Waals surface area contributed by atoms with Gasteiger partial charge in [-0.1, -0.05) is 56.6 Å². The van der Waals surface area contributed by atoms with Gasteiger partial charge in [0.05, 0.1) is 10.6 Å². The quantitative estimate of drug-likeness (QED) is 0.421. The molecule has 1 aromatic heterocycles. The van der Waals surface area contributed by atoms with Crippen LogP contribution >= 0.6 is 11.6 Å². The summed E-state index contributed by atoms with van der Waals surface area (Å²) < 4.78 is 0. The van der Waals surface area contributed by atoms with Crippen LogP contribution in [0.3, 0.4) is 0 Å². The molecule has 37 heavy (non-hydrogen) atoms. The van der Waals surface area contributed by atoms with Crippen molar-refractivity contribution < 1.29 is 14.4 Å². The van der Waals surface area contributed by atoms with Crippen LogP contribution in [0.4, 0.5) is 0 Å². The SMILES string of the molecule is Cc1ccc(C(=O)N2CCCC[C@H]2CNC(=O)[C@@H](NC(=O)c2cc3ccccc3[nH]2)C(C)(C)C)c(Cl)c1. The highest BCUT2D eigenvalue weighted by atomic mass is 35.5.